The SMILES string of the molecule is Brc1c2ccc(-c3ccc4ccccc4c3)cc2c(Br)c2ccc(-c3ccc4ccccc4c3)cc12. The molecule has 0 spiro atoms. The minimum Gasteiger partial charge on any atom is -0.0616 e. The smallest absolute Gasteiger partial charge is 0.0333 e. The van der Waals surface area contributed by atoms with Crippen LogP contribution >= 0.6 is 31.9 Å². The van der Waals surface area contributed by atoms with E-state index in [4.69, 9.17) is 0 Å². The molecule has 7 aromatic rings. The monoisotopic (exact) mass is 586 g/mol. The minimum absolute atomic E-state index is 1.13. The fourth-order valence-corrected chi connectivity index (χ4v) is 6.57. The van der Waals surface area contributed by atoms with Crippen molar-refractivity contribution in [2.24, 2.45) is 0 Å². The predicted molar refractivity (Wildman–Crippen MR) is 163 cm³/mol. The van der Waals surface area contributed by atoms with Gasteiger partial charge in [0.1, 0.15) is 0 Å². The quantitative estimate of drug-likeness (QED) is 0.176. The van der Waals surface area contributed by atoms with Gasteiger partial charge in [0.15, 0.2) is 0 Å². The summed E-state index contributed by atoms with van der Waals surface area (Å²) in [7, 11) is 0. The van der Waals surface area contributed by atoms with E-state index in [0.717, 1.165) is 8.95 Å². The normalized spacial score (nSPS) is 11.6. The summed E-state index contributed by atoms with van der Waals surface area (Å²) in [6, 6.07) is 43.9. The highest BCUT2D eigenvalue weighted by Gasteiger charge is 2.13. The fourth-order valence-electron chi connectivity index (χ4n) is 5.22. The molecule has 0 aromatic heterocycles. The minimum atomic E-state index is 1.13. The standard InChI is InChI=1S/C34H20Br2/c35-33-30-16-14-28(26-12-10-22-6-2-4-8-24(22)18-26)20-32(30)34(36)29-15-13-27(19-31(29)33)25-11-9-21-5-1-3-7-23(21)17-25/h1-20H. The van der Waals surface area contributed by atoms with E-state index in [1.807, 2.05) is 0 Å². The molecule has 170 valence electrons. The van der Waals surface area contributed by atoms with Crippen molar-refractivity contribution in [1.29, 1.82) is 0 Å². The Hall–Kier alpha value is -3.46. The van der Waals surface area contributed by atoms with Gasteiger partial charge >= 0.3 is 0 Å². The Bertz CT molecular complexity index is 1820. The van der Waals surface area contributed by atoms with Gasteiger partial charge in [-0.15, -0.1) is 0 Å². The Kier molecular flexibility index (Phi) is 5.20. The summed E-state index contributed by atoms with van der Waals surface area (Å²) in [4.78, 5) is 0. The van der Waals surface area contributed by atoms with Gasteiger partial charge < -0.3 is 0 Å². The van der Waals surface area contributed by atoms with Crippen LogP contribution in [-0.2, 0) is 0 Å². The predicted octanol–water partition coefficient (Wildman–Crippen LogP) is 11.2. The van der Waals surface area contributed by atoms with E-state index < -0.39 is 0 Å². The summed E-state index contributed by atoms with van der Waals surface area (Å²) in [5.41, 5.74) is 4.89. The van der Waals surface area contributed by atoms with Crippen LogP contribution in [0, 0.1) is 0 Å². The second-order valence-electron chi connectivity index (χ2n) is 9.27. The van der Waals surface area contributed by atoms with E-state index in [9.17, 15) is 0 Å². The van der Waals surface area contributed by atoms with Crippen molar-refractivity contribution in [2.45, 2.75) is 0 Å². The first-order chi connectivity index (χ1) is 17.7. The van der Waals surface area contributed by atoms with Gasteiger partial charge in [0.2, 0.25) is 0 Å². The average Bonchev–Trinajstić information content (AvgIpc) is 2.95. The third-order valence-corrected chi connectivity index (χ3v) is 8.86. The van der Waals surface area contributed by atoms with Crippen LogP contribution in [0.3, 0.4) is 0 Å². The summed E-state index contributed by atoms with van der Waals surface area (Å²) in [6.45, 7) is 0. The molecule has 0 fully saturated rings. The van der Waals surface area contributed by atoms with E-state index in [1.54, 1.807) is 0 Å². The summed E-state index contributed by atoms with van der Waals surface area (Å²) in [5, 5.41) is 9.87. The molecule has 0 atom stereocenters. The molecule has 36 heavy (non-hydrogen) atoms. The third kappa shape index (κ3) is 3.56. The molecular formula is C34H20Br2. The van der Waals surface area contributed by atoms with Crippen molar-refractivity contribution in [1.82, 2.24) is 0 Å². The molecule has 0 heterocycles. The van der Waals surface area contributed by atoms with Crippen LogP contribution in [0.4, 0.5) is 0 Å². The molecule has 0 radical (unpaired) electrons. The van der Waals surface area contributed by atoms with Gasteiger partial charge in [-0.2, -0.15) is 0 Å². The van der Waals surface area contributed by atoms with Gasteiger partial charge in [-0.1, -0.05) is 97.1 Å². The van der Waals surface area contributed by atoms with Crippen molar-refractivity contribution in [3.8, 4) is 22.3 Å². The molecule has 2 heteroatoms. The molecule has 0 amide bonds. The molecule has 0 aliphatic heterocycles. The van der Waals surface area contributed by atoms with Crippen LogP contribution in [0.15, 0.2) is 130 Å². The van der Waals surface area contributed by atoms with Crippen molar-refractivity contribution >= 4 is 74.9 Å². The summed E-state index contributed by atoms with van der Waals surface area (Å²) in [6.07, 6.45) is 0. The lowest BCUT2D eigenvalue weighted by atomic mass is 9.95. The van der Waals surface area contributed by atoms with Crippen molar-refractivity contribution in [2.75, 3.05) is 0 Å². The molecular weight excluding hydrogens is 568 g/mol. The zero-order valence-corrected chi connectivity index (χ0v) is 22.5. The molecule has 7 rings (SSSR count). The highest BCUT2D eigenvalue weighted by atomic mass is 79.9. The van der Waals surface area contributed by atoms with Gasteiger partial charge in [-0.05, 0) is 121 Å². The average molecular weight is 588 g/mol. The van der Waals surface area contributed by atoms with Gasteiger partial charge in [-0.25, -0.2) is 0 Å². The second-order valence-corrected chi connectivity index (χ2v) is 10.9. The topological polar surface area (TPSA) is 0 Å². The Morgan fingerprint density at radius 3 is 1.11 bits per heavy atom. The van der Waals surface area contributed by atoms with Crippen molar-refractivity contribution in [3.63, 3.8) is 0 Å². The number of fused-ring (bicyclic) bond motifs is 4. The second kappa shape index (κ2) is 8.58. The Morgan fingerprint density at radius 1 is 0.306 bits per heavy atom. The molecule has 0 saturated carbocycles. The van der Waals surface area contributed by atoms with Crippen LogP contribution in [0.1, 0.15) is 0 Å². The maximum Gasteiger partial charge on any atom is 0.0333 e. The fraction of sp³-hybridized carbons (Fsp3) is 0. The number of rotatable bonds is 2. The molecule has 0 bridgehead atoms. The Morgan fingerprint density at radius 2 is 0.667 bits per heavy atom. The molecule has 7 aromatic carbocycles. The number of benzene rings is 7. The van der Waals surface area contributed by atoms with Crippen molar-refractivity contribution < 1.29 is 0 Å². The van der Waals surface area contributed by atoms with E-state index in [0.29, 0.717) is 0 Å². The molecule has 0 N–H and O–H groups in total. The lowest BCUT2D eigenvalue weighted by Gasteiger charge is -2.14. The molecule has 0 unspecified atom stereocenters. The van der Waals surface area contributed by atoms with Crippen LogP contribution in [0.2, 0.25) is 0 Å². The zero-order chi connectivity index (χ0) is 24.2. The molecule has 0 saturated heterocycles. The van der Waals surface area contributed by atoms with Gasteiger partial charge in [-0.3, -0.25) is 0 Å². The summed E-state index contributed by atoms with van der Waals surface area (Å²) in [5.74, 6) is 0. The van der Waals surface area contributed by atoms with E-state index in [1.165, 1.54) is 65.3 Å². The first-order valence-electron chi connectivity index (χ1n) is 12.0. The van der Waals surface area contributed by atoms with Crippen LogP contribution in [0.5, 0.6) is 0 Å². The number of hydrogen-bond acceptors (Lipinski definition) is 0. The lowest BCUT2D eigenvalue weighted by Crippen LogP contribution is -1.87. The maximum atomic E-state index is 3.96. The van der Waals surface area contributed by atoms with Crippen LogP contribution in [-0.4, -0.2) is 0 Å². The first kappa shape index (κ1) is 21.8. The zero-order valence-electron chi connectivity index (χ0n) is 19.3. The Balaban J connectivity index is 1.39. The maximum absolute atomic E-state index is 3.96. The van der Waals surface area contributed by atoms with E-state index in [2.05, 4.69) is 153 Å². The van der Waals surface area contributed by atoms with Crippen molar-refractivity contribution in [3.05, 3.63) is 130 Å². The number of hydrogen-bond donors (Lipinski definition) is 0. The Labute approximate surface area is 226 Å². The summed E-state index contributed by atoms with van der Waals surface area (Å²) >= 11 is 7.91. The molecule has 0 nitrogen and oxygen atoms in total. The van der Waals surface area contributed by atoms with E-state index in [-0.39, 0.29) is 0 Å². The molecule has 0 aliphatic rings. The van der Waals surface area contributed by atoms with Gasteiger partial charge in [0.25, 0.3) is 0 Å². The first-order valence-corrected chi connectivity index (χ1v) is 13.6. The highest BCUT2D eigenvalue weighted by molar-refractivity contribution is 9.11. The number of halogens is 2. The van der Waals surface area contributed by atoms with Crippen LogP contribution < -0.4 is 0 Å². The highest BCUT2D eigenvalue weighted by Crippen LogP contribution is 2.42. The summed E-state index contributed by atoms with van der Waals surface area (Å²) < 4.78 is 2.26. The van der Waals surface area contributed by atoms with Gasteiger partial charge in [0, 0.05) is 8.95 Å². The van der Waals surface area contributed by atoms with Crippen LogP contribution in [0.25, 0.3) is 65.3 Å². The van der Waals surface area contributed by atoms with Gasteiger partial charge in [0.05, 0.1) is 0 Å². The van der Waals surface area contributed by atoms with E-state index >= 15 is 0 Å². The lowest BCUT2D eigenvalue weighted by molar-refractivity contribution is 1.65. The third-order valence-electron chi connectivity index (χ3n) is 7.15. The molecule has 0 aliphatic carbocycles. The largest absolute Gasteiger partial charge is 0.0616 e.